The van der Waals surface area contributed by atoms with Crippen LogP contribution in [0.4, 0.5) is 0 Å². The summed E-state index contributed by atoms with van der Waals surface area (Å²) in [4.78, 5) is 0. The van der Waals surface area contributed by atoms with Crippen LogP contribution < -0.4 is 10.5 Å². The molecule has 2 atom stereocenters. The minimum Gasteiger partial charge on any atom is -0.497 e. The van der Waals surface area contributed by atoms with E-state index in [1.165, 1.54) is 0 Å². The molecule has 0 fully saturated rings. The number of benzene rings is 1. The van der Waals surface area contributed by atoms with E-state index in [1.807, 2.05) is 24.3 Å². The van der Waals surface area contributed by atoms with Crippen LogP contribution in [0.15, 0.2) is 24.3 Å². The van der Waals surface area contributed by atoms with Crippen molar-refractivity contribution in [3.8, 4) is 5.75 Å². The van der Waals surface area contributed by atoms with Crippen LogP contribution in [0.5, 0.6) is 5.75 Å². The summed E-state index contributed by atoms with van der Waals surface area (Å²) in [7, 11) is 1.60. The second-order valence-electron chi connectivity index (χ2n) is 3.04. The first-order valence-corrected chi connectivity index (χ1v) is 4.22. The average molecular weight is 181 g/mol. The summed E-state index contributed by atoms with van der Waals surface area (Å²) < 4.78 is 5.05. The van der Waals surface area contributed by atoms with E-state index in [1.54, 1.807) is 14.0 Å². The van der Waals surface area contributed by atoms with Gasteiger partial charge in [0.15, 0.2) is 0 Å². The molecule has 0 unspecified atom stereocenters. The van der Waals surface area contributed by atoms with Crippen molar-refractivity contribution >= 4 is 0 Å². The number of hydrogen-bond donors (Lipinski definition) is 2. The Morgan fingerprint density at radius 3 is 2.69 bits per heavy atom. The second kappa shape index (κ2) is 4.25. The summed E-state index contributed by atoms with van der Waals surface area (Å²) in [6.45, 7) is 1.67. The van der Waals surface area contributed by atoms with Crippen LogP contribution in [0.1, 0.15) is 18.5 Å². The molecule has 0 amide bonds. The van der Waals surface area contributed by atoms with Crippen molar-refractivity contribution in [2.45, 2.75) is 19.1 Å². The highest BCUT2D eigenvalue weighted by atomic mass is 16.5. The molecule has 0 aliphatic rings. The van der Waals surface area contributed by atoms with E-state index in [0.717, 1.165) is 11.3 Å². The number of hydrogen-bond acceptors (Lipinski definition) is 3. The zero-order valence-corrected chi connectivity index (χ0v) is 7.90. The third kappa shape index (κ3) is 2.44. The quantitative estimate of drug-likeness (QED) is 0.733. The number of aliphatic hydroxyl groups excluding tert-OH is 1. The van der Waals surface area contributed by atoms with Crippen LogP contribution in [-0.2, 0) is 0 Å². The predicted molar refractivity (Wildman–Crippen MR) is 51.6 cm³/mol. The molecule has 1 aromatic rings. The van der Waals surface area contributed by atoms with Gasteiger partial charge in [-0.25, -0.2) is 0 Å². The topological polar surface area (TPSA) is 55.5 Å². The monoisotopic (exact) mass is 181 g/mol. The van der Waals surface area contributed by atoms with Gasteiger partial charge in [0.05, 0.1) is 19.3 Å². The molecule has 3 heteroatoms. The average Bonchev–Trinajstić information content (AvgIpc) is 2.16. The molecule has 13 heavy (non-hydrogen) atoms. The molecule has 1 aromatic carbocycles. The summed E-state index contributed by atoms with van der Waals surface area (Å²) in [5.41, 5.74) is 6.64. The molecular formula is C10H15NO2. The zero-order chi connectivity index (χ0) is 9.84. The van der Waals surface area contributed by atoms with Crippen molar-refractivity contribution in [2.24, 2.45) is 5.73 Å². The Bertz CT molecular complexity index is 273. The van der Waals surface area contributed by atoms with E-state index in [2.05, 4.69) is 0 Å². The SMILES string of the molecule is COc1cccc([C@@H](N)[C@H](C)O)c1. The van der Waals surface area contributed by atoms with Crippen molar-refractivity contribution < 1.29 is 9.84 Å². The van der Waals surface area contributed by atoms with Crippen LogP contribution in [0.2, 0.25) is 0 Å². The smallest absolute Gasteiger partial charge is 0.119 e. The van der Waals surface area contributed by atoms with Crippen LogP contribution in [0.25, 0.3) is 0 Å². The normalized spacial score (nSPS) is 15.1. The number of rotatable bonds is 3. The van der Waals surface area contributed by atoms with E-state index in [4.69, 9.17) is 10.5 Å². The van der Waals surface area contributed by atoms with Crippen LogP contribution in [-0.4, -0.2) is 18.3 Å². The Kier molecular flexibility index (Phi) is 3.28. The van der Waals surface area contributed by atoms with Crippen molar-refractivity contribution in [3.05, 3.63) is 29.8 Å². The lowest BCUT2D eigenvalue weighted by Gasteiger charge is -2.15. The molecule has 72 valence electrons. The predicted octanol–water partition coefficient (Wildman–Crippen LogP) is 1.08. The minimum atomic E-state index is -0.549. The minimum absolute atomic E-state index is 0.352. The van der Waals surface area contributed by atoms with Crippen LogP contribution >= 0.6 is 0 Å². The van der Waals surface area contributed by atoms with Gasteiger partial charge in [0, 0.05) is 0 Å². The van der Waals surface area contributed by atoms with E-state index in [9.17, 15) is 5.11 Å². The summed E-state index contributed by atoms with van der Waals surface area (Å²) >= 11 is 0. The number of methoxy groups -OCH3 is 1. The van der Waals surface area contributed by atoms with Gasteiger partial charge in [0.1, 0.15) is 5.75 Å². The Labute approximate surface area is 78.1 Å². The van der Waals surface area contributed by atoms with Gasteiger partial charge in [0.2, 0.25) is 0 Å². The molecule has 0 radical (unpaired) electrons. The van der Waals surface area contributed by atoms with Crippen molar-refractivity contribution in [3.63, 3.8) is 0 Å². The largest absolute Gasteiger partial charge is 0.497 e. The zero-order valence-electron chi connectivity index (χ0n) is 7.90. The molecule has 1 rings (SSSR count). The van der Waals surface area contributed by atoms with Gasteiger partial charge in [-0.15, -0.1) is 0 Å². The van der Waals surface area contributed by atoms with Gasteiger partial charge in [0.25, 0.3) is 0 Å². The Morgan fingerprint density at radius 2 is 2.15 bits per heavy atom. The number of aliphatic hydroxyl groups is 1. The van der Waals surface area contributed by atoms with Crippen LogP contribution in [0, 0.1) is 0 Å². The maximum atomic E-state index is 9.27. The van der Waals surface area contributed by atoms with Gasteiger partial charge in [-0.05, 0) is 24.6 Å². The lowest BCUT2D eigenvalue weighted by Crippen LogP contribution is -2.22. The molecule has 0 aliphatic carbocycles. The first-order chi connectivity index (χ1) is 6.15. The molecule has 0 bridgehead atoms. The van der Waals surface area contributed by atoms with Gasteiger partial charge < -0.3 is 15.6 Å². The molecule has 3 nitrogen and oxygen atoms in total. The van der Waals surface area contributed by atoms with E-state index < -0.39 is 6.10 Å². The Balaban J connectivity index is 2.88. The highest BCUT2D eigenvalue weighted by Crippen LogP contribution is 2.19. The van der Waals surface area contributed by atoms with Gasteiger partial charge >= 0.3 is 0 Å². The molecule has 0 spiro atoms. The van der Waals surface area contributed by atoms with Gasteiger partial charge in [-0.1, -0.05) is 12.1 Å². The number of nitrogens with two attached hydrogens (primary N) is 1. The lowest BCUT2D eigenvalue weighted by molar-refractivity contribution is 0.164. The summed E-state index contributed by atoms with van der Waals surface area (Å²) in [6, 6.07) is 7.06. The maximum Gasteiger partial charge on any atom is 0.119 e. The number of ether oxygens (including phenoxy) is 1. The fraction of sp³-hybridized carbons (Fsp3) is 0.400. The Morgan fingerprint density at radius 1 is 1.46 bits per heavy atom. The van der Waals surface area contributed by atoms with Crippen molar-refractivity contribution in [2.75, 3.05) is 7.11 Å². The molecule has 3 N–H and O–H groups in total. The van der Waals surface area contributed by atoms with Crippen molar-refractivity contribution in [1.82, 2.24) is 0 Å². The standard InChI is InChI=1S/C10H15NO2/c1-7(12)10(11)8-4-3-5-9(6-8)13-2/h3-7,10,12H,11H2,1-2H3/t7-,10-/m0/s1. The molecule has 0 aromatic heterocycles. The molecular weight excluding hydrogens is 166 g/mol. The fourth-order valence-electron chi connectivity index (χ4n) is 1.13. The third-order valence-electron chi connectivity index (χ3n) is 2.00. The Hall–Kier alpha value is -1.06. The summed E-state index contributed by atoms with van der Waals surface area (Å²) in [5.74, 6) is 0.758. The lowest BCUT2D eigenvalue weighted by atomic mass is 10.0. The third-order valence-corrected chi connectivity index (χ3v) is 2.00. The second-order valence-corrected chi connectivity index (χ2v) is 3.04. The molecule has 0 aliphatic heterocycles. The highest BCUT2D eigenvalue weighted by molar-refractivity contribution is 5.30. The van der Waals surface area contributed by atoms with E-state index >= 15 is 0 Å². The highest BCUT2D eigenvalue weighted by Gasteiger charge is 2.11. The summed E-state index contributed by atoms with van der Waals surface area (Å²) in [6.07, 6.45) is -0.549. The van der Waals surface area contributed by atoms with Crippen LogP contribution in [0.3, 0.4) is 0 Å². The molecule has 0 heterocycles. The molecule has 0 saturated carbocycles. The van der Waals surface area contributed by atoms with Gasteiger partial charge in [-0.3, -0.25) is 0 Å². The van der Waals surface area contributed by atoms with Crippen molar-refractivity contribution in [1.29, 1.82) is 0 Å². The maximum absolute atomic E-state index is 9.27. The first kappa shape index (κ1) is 10.0. The first-order valence-electron chi connectivity index (χ1n) is 4.22. The van der Waals surface area contributed by atoms with E-state index in [-0.39, 0.29) is 6.04 Å². The van der Waals surface area contributed by atoms with E-state index in [0.29, 0.717) is 0 Å². The molecule has 0 saturated heterocycles. The summed E-state index contributed by atoms with van der Waals surface area (Å²) in [5, 5.41) is 9.27. The van der Waals surface area contributed by atoms with Gasteiger partial charge in [-0.2, -0.15) is 0 Å². The fourth-order valence-corrected chi connectivity index (χ4v) is 1.13.